The number of nitrogens with one attached hydrogen (secondary N) is 1. The maximum atomic E-state index is 12.3. The van der Waals surface area contributed by atoms with Gasteiger partial charge in [-0.1, -0.05) is 18.2 Å². The topological polar surface area (TPSA) is 32.9 Å². The number of benzene rings is 1. The quantitative estimate of drug-likeness (QED) is 0.758. The molecule has 0 aliphatic heterocycles. The standard InChI is InChI=1S/C11H9F2NO/c1-6-9(10(15)11(12)13)7-4-2-3-5-8(7)14-6/h2-5,11,14H,1H3. The van der Waals surface area contributed by atoms with Crippen molar-refractivity contribution in [2.75, 3.05) is 0 Å². The van der Waals surface area contributed by atoms with Crippen molar-refractivity contribution < 1.29 is 13.6 Å². The Morgan fingerprint density at radius 1 is 1.33 bits per heavy atom. The van der Waals surface area contributed by atoms with Gasteiger partial charge in [-0.3, -0.25) is 4.79 Å². The molecule has 1 N–H and O–H groups in total. The first-order chi connectivity index (χ1) is 7.11. The van der Waals surface area contributed by atoms with Crippen molar-refractivity contribution in [1.82, 2.24) is 4.98 Å². The minimum atomic E-state index is -2.96. The second kappa shape index (κ2) is 3.46. The van der Waals surface area contributed by atoms with E-state index >= 15 is 0 Å². The van der Waals surface area contributed by atoms with Gasteiger partial charge in [-0.15, -0.1) is 0 Å². The van der Waals surface area contributed by atoms with E-state index < -0.39 is 12.2 Å². The van der Waals surface area contributed by atoms with Crippen LogP contribution in [0.3, 0.4) is 0 Å². The number of carbonyl (C=O) groups excluding carboxylic acids is 1. The zero-order valence-electron chi connectivity index (χ0n) is 8.05. The Balaban J connectivity index is 2.69. The summed E-state index contributed by atoms with van der Waals surface area (Å²) < 4.78 is 24.7. The van der Waals surface area contributed by atoms with Crippen LogP contribution in [0.2, 0.25) is 0 Å². The number of aryl methyl sites for hydroxylation is 1. The van der Waals surface area contributed by atoms with Crippen molar-refractivity contribution in [1.29, 1.82) is 0 Å². The Morgan fingerprint density at radius 3 is 2.67 bits per heavy atom. The molecule has 0 unspecified atom stereocenters. The molecule has 2 rings (SSSR count). The Labute approximate surface area is 84.9 Å². The molecular weight excluding hydrogens is 200 g/mol. The number of Topliss-reactive ketones (excluding diaryl/α,β-unsaturated/α-hetero) is 1. The summed E-state index contributed by atoms with van der Waals surface area (Å²) in [6.07, 6.45) is -2.96. The molecule has 0 radical (unpaired) electrons. The van der Waals surface area contributed by atoms with Gasteiger partial charge in [-0.2, -0.15) is 0 Å². The lowest BCUT2D eigenvalue weighted by atomic mass is 10.1. The van der Waals surface area contributed by atoms with Crippen LogP contribution in [0.15, 0.2) is 24.3 Å². The third kappa shape index (κ3) is 1.52. The lowest BCUT2D eigenvalue weighted by Crippen LogP contribution is -2.10. The predicted molar refractivity (Wildman–Crippen MR) is 53.4 cm³/mol. The molecule has 0 spiro atoms. The van der Waals surface area contributed by atoms with Crippen molar-refractivity contribution >= 4 is 16.7 Å². The summed E-state index contributed by atoms with van der Waals surface area (Å²) >= 11 is 0. The molecule has 0 bridgehead atoms. The number of halogens is 2. The molecule has 15 heavy (non-hydrogen) atoms. The van der Waals surface area contributed by atoms with Crippen LogP contribution in [0.1, 0.15) is 16.1 Å². The number of para-hydroxylation sites is 1. The van der Waals surface area contributed by atoms with Crippen molar-refractivity contribution in [3.63, 3.8) is 0 Å². The highest BCUT2D eigenvalue weighted by molar-refractivity contribution is 6.10. The Kier molecular flexibility index (Phi) is 2.26. The Bertz CT molecular complexity index is 516. The van der Waals surface area contributed by atoms with Gasteiger partial charge in [0, 0.05) is 16.6 Å². The van der Waals surface area contributed by atoms with Crippen molar-refractivity contribution in [3.8, 4) is 0 Å². The number of fused-ring (bicyclic) bond motifs is 1. The van der Waals surface area contributed by atoms with Gasteiger partial charge in [0.2, 0.25) is 5.78 Å². The largest absolute Gasteiger partial charge is 0.358 e. The first kappa shape index (κ1) is 9.83. The molecule has 4 heteroatoms. The maximum Gasteiger partial charge on any atom is 0.300 e. The van der Waals surface area contributed by atoms with Gasteiger partial charge in [-0.05, 0) is 13.0 Å². The summed E-state index contributed by atoms with van der Waals surface area (Å²) in [7, 11) is 0. The summed E-state index contributed by atoms with van der Waals surface area (Å²) in [5.74, 6) is -1.12. The van der Waals surface area contributed by atoms with Gasteiger partial charge in [0.15, 0.2) is 0 Å². The van der Waals surface area contributed by atoms with E-state index in [1.54, 1.807) is 31.2 Å². The number of rotatable bonds is 2. The van der Waals surface area contributed by atoms with Crippen molar-refractivity contribution in [2.45, 2.75) is 13.3 Å². The zero-order chi connectivity index (χ0) is 11.0. The van der Waals surface area contributed by atoms with Gasteiger partial charge >= 0.3 is 6.43 Å². The molecule has 0 saturated carbocycles. The third-order valence-electron chi connectivity index (χ3n) is 2.34. The molecular formula is C11H9F2NO. The second-order valence-corrected chi connectivity index (χ2v) is 3.34. The number of ketones is 1. The molecule has 2 aromatic rings. The first-order valence-corrected chi connectivity index (χ1v) is 4.51. The van der Waals surface area contributed by atoms with Crippen molar-refractivity contribution in [3.05, 3.63) is 35.5 Å². The molecule has 0 amide bonds. The van der Waals surface area contributed by atoms with Crippen LogP contribution in [-0.2, 0) is 0 Å². The normalized spacial score (nSPS) is 11.2. The number of H-pyrrole nitrogens is 1. The molecule has 2 nitrogen and oxygen atoms in total. The lowest BCUT2D eigenvalue weighted by Gasteiger charge is -1.98. The van der Waals surface area contributed by atoms with Gasteiger partial charge < -0.3 is 4.98 Å². The summed E-state index contributed by atoms with van der Waals surface area (Å²) in [5, 5.41) is 0.556. The molecule has 0 fully saturated rings. The fourth-order valence-corrected chi connectivity index (χ4v) is 1.70. The van der Waals surface area contributed by atoms with Crippen LogP contribution in [0.25, 0.3) is 10.9 Å². The van der Waals surface area contributed by atoms with Crippen molar-refractivity contribution in [2.24, 2.45) is 0 Å². The van der Waals surface area contributed by atoms with E-state index in [0.717, 1.165) is 0 Å². The highest BCUT2D eigenvalue weighted by atomic mass is 19.3. The lowest BCUT2D eigenvalue weighted by molar-refractivity contribution is 0.0680. The summed E-state index contributed by atoms with van der Waals surface area (Å²) in [6.45, 7) is 1.62. The van der Waals surface area contributed by atoms with E-state index in [9.17, 15) is 13.6 Å². The fourth-order valence-electron chi connectivity index (χ4n) is 1.70. The van der Waals surface area contributed by atoms with Gasteiger partial charge in [0.25, 0.3) is 0 Å². The van der Waals surface area contributed by atoms with E-state index in [0.29, 0.717) is 16.6 Å². The molecule has 1 aromatic heterocycles. The molecule has 0 aliphatic rings. The first-order valence-electron chi connectivity index (χ1n) is 4.51. The summed E-state index contributed by atoms with van der Waals surface area (Å²) in [5.41, 5.74) is 1.29. The number of alkyl halides is 2. The van der Waals surface area contributed by atoms with E-state index in [-0.39, 0.29) is 5.56 Å². The van der Waals surface area contributed by atoms with Crippen LogP contribution in [0, 0.1) is 6.92 Å². The molecule has 0 atom stereocenters. The number of aromatic nitrogens is 1. The maximum absolute atomic E-state index is 12.3. The summed E-state index contributed by atoms with van der Waals surface area (Å²) in [4.78, 5) is 14.2. The molecule has 1 heterocycles. The Morgan fingerprint density at radius 2 is 2.00 bits per heavy atom. The van der Waals surface area contributed by atoms with Gasteiger partial charge in [0.05, 0.1) is 5.56 Å². The predicted octanol–water partition coefficient (Wildman–Crippen LogP) is 2.92. The molecule has 0 saturated heterocycles. The average Bonchev–Trinajstić information content (AvgIpc) is 2.52. The second-order valence-electron chi connectivity index (χ2n) is 3.34. The zero-order valence-corrected chi connectivity index (χ0v) is 8.05. The summed E-state index contributed by atoms with van der Waals surface area (Å²) in [6, 6.07) is 6.92. The average molecular weight is 209 g/mol. The van der Waals surface area contributed by atoms with E-state index in [2.05, 4.69) is 4.98 Å². The monoisotopic (exact) mass is 209 g/mol. The van der Waals surface area contributed by atoms with Crippen LogP contribution >= 0.6 is 0 Å². The van der Waals surface area contributed by atoms with E-state index in [1.807, 2.05) is 0 Å². The molecule has 78 valence electrons. The van der Waals surface area contributed by atoms with Crippen LogP contribution in [0.4, 0.5) is 8.78 Å². The number of hydrogen-bond acceptors (Lipinski definition) is 1. The van der Waals surface area contributed by atoms with Crippen LogP contribution < -0.4 is 0 Å². The van der Waals surface area contributed by atoms with Gasteiger partial charge in [0.1, 0.15) is 0 Å². The van der Waals surface area contributed by atoms with Gasteiger partial charge in [-0.25, -0.2) is 8.78 Å². The highest BCUT2D eigenvalue weighted by Crippen LogP contribution is 2.23. The number of carbonyl (C=O) groups is 1. The third-order valence-corrected chi connectivity index (χ3v) is 2.34. The molecule has 1 aromatic carbocycles. The SMILES string of the molecule is Cc1[nH]c2ccccc2c1C(=O)C(F)F. The van der Waals surface area contributed by atoms with Crippen LogP contribution in [0.5, 0.6) is 0 Å². The number of hydrogen-bond donors (Lipinski definition) is 1. The minimum absolute atomic E-state index is 0.0978. The molecule has 0 aliphatic carbocycles. The minimum Gasteiger partial charge on any atom is -0.358 e. The fraction of sp³-hybridized carbons (Fsp3) is 0.182. The van der Waals surface area contributed by atoms with Crippen LogP contribution in [-0.4, -0.2) is 17.2 Å². The van der Waals surface area contributed by atoms with E-state index in [1.165, 1.54) is 0 Å². The highest BCUT2D eigenvalue weighted by Gasteiger charge is 2.23. The Hall–Kier alpha value is -1.71. The van der Waals surface area contributed by atoms with E-state index in [4.69, 9.17) is 0 Å². The number of aromatic amines is 1. The smallest absolute Gasteiger partial charge is 0.300 e.